The van der Waals surface area contributed by atoms with Crippen molar-refractivity contribution in [2.45, 2.75) is 33.2 Å². The summed E-state index contributed by atoms with van der Waals surface area (Å²) < 4.78 is 5.28. The van der Waals surface area contributed by atoms with Crippen LogP contribution in [0.5, 0.6) is 0 Å². The molecule has 3 N–H and O–H groups in total. The lowest BCUT2D eigenvalue weighted by Crippen LogP contribution is -2.46. The zero-order valence-electron chi connectivity index (χ0n) is 9.38. The Balaban J connectivity index is 3.57. The molecule has 1 atom stereocenters. The fourth-order valence-corrected chi connectivity index (χ4v) is 1.20. The summed E-state index contributed by atoms with van der Waals surface area (Å²) in [6.07, 6.45) is 1.02. The van der Waals surface area contributed by atoms with E-state index in [1.165, 1.54) is 0 Å². The minimum absolute atomic E-state index is 0.221. The van der Waals surface area contributed by atoms with Gasteiger partial charge in [0.2, 0.25) is 5.91 Å². The fraction of sp³-hybridized carbons (Fsp3) is 0.900. The Morgan fingerprint density at radius 3 is 2.50 bits per heavy atom. The normalized spacial score (nSPS) is 13.1. The van der Waals surface area contributed by atoms with Gasteiger partial charge < -0.3 is 15.8 Å². The number of hydrogen-bond donors (Lipinski definition) is 2. The number of ether oxygens (including phenoxy) is 1. The van der Waals surface area contributed by atoms with Crippen LogP contribution >= 0.6 is 0 Å². The number of hydrogen-bond acceptors (Lipinski definition) is 3. The summed E-state index contributed by atoms with van der Waals surface area (Å²) >= 11 is 0. The van der Waals surface area contributed by atoms with E-state index in [-0.39, 0.29) is 17.9 Å². The number of carbonyl (C=O) groups is 1. The van der Waals surface area contributed by atoms with Crippen molar-refractivity contribution in [3.05, 3.63) is 0 Å². The smallest absolute Gasteiger partial charge is 0.234 e. The number of carbonyl (C=O) groups excluding carboxylic acids is 1. The Bertz CT molecular complexity index is 160. The molecule has 84 valence electrons. The Morgan fingerprint density at radius 2 is 2.07 bits per heavy atom. The van der Waals surface area contributed by atoms with Gasteiger partial charge in [-0.25, -0.2) is 0 Å². The summed E-state index contributed by atoms with van der Waals surface area (Å²) in [5.74, 6) is -0.0748. The van der Waals surface area contributed by atoms with Crippen LogP contribution in [0.2, 0.25) is 0 Å². The van der Waals surface area contributed by atoms with Crippen molar-refractivity contribution >= 4 is 5.91 Å². The quantitative estimate of drug-likeness (QED) is 0.564. The van der Waals surface area contributed by atoms with Crippen molar-refractivity contribution in [1.82, 2.24) is 5.32 Å². The van der Waals surface area contributed by atoms with E-state index < -0.39 is 0 Å². The van der Waals surface area contributed by atoms with Gasteiger partial charge in [0, 0.05) is 13.2 Å². The molecule has 0 aromatic heterocycles. The maximum atomic E-state index is 11.0. The van der Waals surface area contributed by atoms with Crippen molar-refractivity contribution in [3.8, 4) is 0 Å². The maximum Gasteiger partial charge on any atom is 0.234 e. The Labute approximate surface area is 86.2 Å². The molecule has 0 aliphatic heterocycles. The molecule has 0 aromatic rings. The highest BCUT2D eigenvalue weighted by atomic mass is 16.5. The molecule has 0 saturated heterocycles. The lowest BCUT2D eigenvalue weighted by Gasteiger charge is -2.18. The Hall–Kier alpha value is -0.610. The molecule has 0 bridgehead atoms. The molecule has 4 nitrogen and oxygen atoms in total. The molecule has 14 heavy (non-hydrogen) atoms. The highest BCUT2D eigenvalue weighted by molar-refractivity contribution is 5.80. The van der Waals surface area contributed by atoms with Gasteiger partial charge in [-0.1, -0.05) is 20.8 Å². The molecule has 0 fully saturated rings. The molecule has 0 aliphatic rings. The van der Waals surface area contributed by atoms with Crippen molar-refractivity contribution < 1.29 is 9.53 Å². The fourth-order valence-electron chi connectivity index (χ4n) is 1.20. The summed E-state index contributed by atoms with van der Waals surface area (Å²) in [6.45, 7) is 8.07. The van der Waals surface area contributed by atoms with E-state index in [2.05, 4.69) is 12.2 Å². The molecule has 0 spiro atoms. The first-order valence-corrected chi connectivity index (χ1v) is 5.20. The van der Waals surface area contributed by atoms with E-state index in [4.69, 9.17) is 10.5 Å². The van der Waals surface area contributed by atoms with Gasteiger partial charge in [-0.3, -0.25) is 4.79 Å². The van der Waals surface area contributed by atoms with Gasteiger partial charge in [0.25, 0.3) is 0 Å². The monoisotopic (exact) mass is 202 g/mol. The van der Waals surface area contributed by atoms with Crippen LogP contribution in [-0.2, 0) is 9.53 Å². The van der Waals surface area contributed by atoms with Crippen LogP contribution in [0, 0.1) is 5.92 Å². The molecule has 0 aromatic carbocycles. The van der Waals surface area contributed by atoms with Gasteiger partial charge in [0.05, 0.1) is 12.6 Å². The van der Waals surface area contributed by atoms with E-state index >= 15 is 0 Å². The van der Waals surface area contributed by atoms with Gasteiger partial charge in [-0.15, -0.1) is 0 Å². The molecular weight excluding hydrogens is 180 g/mol. The van der Waals surface area contributed by atoms with E-state index in [9.17, 15) is 4.79 Å². The first-order chi connectivity index (χ1) is 6.59. The molecular formula is C10H22N2O2. The molecule has 1 amide bonds. The molecule has 0 radical (unpaired) electrons. The van der Waals surface area contributed by atoms with Crippen LogP contribution in [0.3, 0.4) is 0 Å². The predicted molar refractivity (Wildman–Crippen MR) is 56.9 cm³/mol. The maximum absolute atomic E-state index is 11.0. The van der Waals surface area contributed by atoms with Crippen LogP contribution in [0.15, 0.2) is 0 Å². The minimum Gasteiger partial charge on any atom is -0.380 e. The second kappa shape index (κ2) is 7.76. The first kappa shape index (κ1) is 13.4. The summed E-state index contributed by atoms with van der Waals surface area (Å²) in [5, 5.41) is 3.08. The van der Waals surface area contributed by atoms with Crippen molar-refractivity contribution in [1.29, 1.82) is 0 Å². The van der Waals surface area contributed by atoms with Crippen LogP contribution in [0.4, 0.5) is 0 Å². The van der Waals surface area contributed by atoms with Gasteiger partial charge >= 0.3 is 0 Å². The van der Waals surface area contributed by atoms with Gasteiger partial charge in [0.1, 0.15) is 0 Å². The molecule has 0 aliphatic carbocycles. The average molecular weight is 202 g/mol. The number of primary amides is 1. The second-order valence-corrected chi connectivity index (χ2v) is 3.69. The second-order valence-electron chi connectivity index (χ2n) is 3.69. The van der Waals surface area contributed by atoms with Crippen LogP contribution in [-0.4, -0.2) is 31.7 Å². The van der Waals surface area contributed by atoms with Crippen molar-refractivity contribution in [3.63, 3.8) is 0 Å². The molecule has 0 saturated carbocycles. The lowest BCUT2D eigenvalue weighted by atomic mass is 10.0. The van der Waals surface area contributed by atoms with Gasteiger partial charge in [0.15, 0.2) is 0 Å². The van der Waals surface area contributed by atoms with E-state index in [0.717, 1.165) is 13.0 Å². The van der Waals surface area contributed by atoms with E-state index in [1.807, 2.05) is 13.8 Å². The SMILES string of the molecule is CCCOCCNC(C(N)=O)C(C)C. The topological polar surface area (TPSA) is 64.3 Å². The third-order valence-electron chi connectivity index (χ3n) is 1.93. The summed E-state index contributed by atoms with van der Waals surface area (Å²) in [4.78, 5) is 11.0. The van der Waals surface area contributed by atoms with Crippen molar-refractivity contribution in [2.24, 2.45) is 11.7 Å². The van der Waals surface area contributed by atoms with Crippen molar-refractivity contribution in [2.75, 3.05) is 19.8 Å². The number of nitrogens with one attached hydrogen (secondary N) is 1. The molecule has 0 heterocycles. The number of nitrogens with two attached hydrogens (primary N) is 1. The Kier molecular flexibility index (Phi) is 7.42. The molecule has 4 heteroatoms. The highest BCUT2D eigenvalue weighted by Gasteiger charge is 2.17. The minimum atomic E-state index is -0.296. The summed E-state index contributed by atoms with van der Waals surface area (Å²) in [6, 6.07) is -0.250. The Morgan fingerprint density at radius 1 is 1.43 bits per heavy atom. The van der Waals surface area contributed by atoms with Gasteiger partial charge in [-0.2, -0.15) is 0 Å². The standard InChI is InChI=1S/C10H22N2O2/c1-4-6-14-7-5-12-9(8(2)3)10(11)13/h8-9,12H,4-7H2,1-3H3,(H2,11,13). The first-order valence-electron chi connectivity index (χ1n) is 5.20. The van der Waals surface area contributed by atoms with Gasteiger partial charge in [-0.05, 0) is 12.3 Å². The van der Waals surface area contributed by atoms with Crippen LogP contribution in [0.25, 0.3) is 0 Å². The lowest BCUT2D eigenvalue weighted by molar-refractivity contribution is -0.121. The van der Waals surface area contributed by atoms with Crippen LogP contribution < -0.4 is 11.1 Å². The highest BCUT2D eigenvalue weighted by Crippen LogP contribution is 1.99. The number of amides is 1. The predicted octanol–water partition coefficient (Wildman–Crippen LogP) is 0.513. The summed E-state index contributed by atoms with van der Waals surface area (Å²) in [7, 11) is 0. The molecule has 1 unspecified atom stereocenters. The molecule has 0 rings (SSSR count). The number of rotatable bonds is 8. The van der Waals surface area contributed by atoms with E-state index in [0.29, 0.717) is 13.2 Å². The largest absolute Gasteiger partial charge is 0.380 e. The zero-order chi connectivity index (χ0) is 11.0. The third kappa shape index (κ3) is 5.94. The summed E-state index contributed by atoms with van der Waals surface area (Å²) in [5.41, 5.74) is 5.24. The van der Waals surface area contributed by atoms with E-state index in [1.54, 1.807) is 0 Å². The van der Waals surface area contributed by atoms with Crippen LogP contribution in [0.1, 0.15) is 27.2 Å². The average Bonchev–Trinajstić information content (AvgIpc) is 2.09. The third-order valence-corrected chi connectivity index (χ3v) is 1.93. The zero-order valence-corrected chi connectivity index (χ0v) is 9.38.